The van der Waals surface area contributed by atoms with Crippen molar-refractivity contribution in [3.63, 3.8) is 0 Å². The van der Waals surface area contributed by atoms with Gasteiger partial charge in [0.15, 0.2) is 0 Å². The van der Waals surface area contributed by atoms with E-state index in [1.54, 1.807) is 35.6 Å². The summed E-state index contributed by atoms with van der Waals surface area (Å²) in [6.07, 6.45) is 1.94. The van der Waals surface area contributed by atoms with Crippen molar-refractivity contribution in [1.29, 1.82) is 0 Å². The van der Waals surface area contributed by atoms with Crippen molar-refractivity contribution in [3.05, 3.63) is 59.1 Å². The molecule has 0 saturated carbocycles. The summed E-state index contributed by atoms with van der Waals surface area (Å²) in [5.41, 5.74) is 2.19. The molecule has 1 aromatic heterocycles. The Hall–Kier alpha value is -2.73. The highest BCUT2D eigenvalue weighted by atomic mass is 32.1. The molecular formula is C20H21N3O2S. The van der Waals surface area contributed by atoms with Gasteiger partial charge in [-0.05, 0) is 50.1 Å². The third-order valence-corrected chi connectivity index (χ3v) is 4.97. The minimum atomic E-state index is -0.139. The zero-order valence-corrected chi connectivity index (χ0v) is 15.4. The molecule has 0 bridgehead atoms. The van der Waals surface area contributed by atoms with Gasteiger partial charge in [-0.2, -0.15) is 0 Å². The van der Waals surface area contributed by atoms with Gasteiger partial charge in [0.2, 0.25) is 5.91 Å². The monoisotopic (exact) mass is 367 g/mol. The number of aromatic nitrogens is 1. The molecule has 0 aliphatic heterocycles. The van der Waals surface area contributed by atoms with Gasteiger partial charge in [-0.3, -0.25) is 9.59 Å². The molecule has 3 rings (SSSR count). The number of nitrogens with zero attached hydrogens (tertiary/aromatic N) is 1. The summed E-state index contributed by atoms with van der Waals surface area (Å²) in [5, 5.41) is 6.66. The van der Waals surface area contributed by atoms with E-state index in [0.717, 1.165) is 23.4 Å². The topological polar surface area (TPSA) is 71.1 Å². The minimum absolute atomic E-state index is 0.0563. The van der Waals surface area contributed by atoms with Crippen molar-refractivity contribution in [2.45, 2.75) is 26.2 Å². The molecule has 0 unspecified atom stereocenters. The van der Waals surface area contributed by atoms with Crippen LogP contribution in [0.3, 0.4) is 0 Å². The van der Waals surface area contributed by atoms with Crippen molar-refractivity contribution >= 4 is 39.1 Å². The van der Waals surface area contributed by atoms with Crippen LogP contribution in [0.2, 0.25) is 0 Å². The van der Waals surface area contributed by atoms with Gasteiger partial charge in [0.1, 0.15) is 0 Å². The van der Waals surface area contributed by atoms with E-state index >= 15 is 0 Å². The maximum atomic E-state index is 12.2. The number of nitrogens with one attached hydrogen (secondary N) is 2. The third kappa shape index (κ3) is 4.67. The van der Waals surface area contributed by atoms with Crippen LogP contribution in [0.4, 0.5) is 5.69 Å². The van der Waals surface area contributed by atoms with E-state index in [0.29, 0.717) is 24.2 Å². The van der Waals surface area contributed by atoms with Gasteiger partial charge in [0.25, 0.3) is 5.91 Å². The minimum Gasteiger partial charge on any atom is -0.352 e. The smallest absolute Gasteiger partial charge is 0.251 e. The average Bonchev–Trinajstić information content (AvgIpc) is 3.05. The SMILES string of the molecule is CCNC(=O)c1cccc(NC(=O)CCCc2nc3ccccc3s2)c1. The molecule has 0 atom stereocenters. The van der Waals surface area contributed by atoms with E-state index in [2.05, 4.69) is 21.7 Å². The van der Waals surface area contributed by atoms with Crippen molar-refractivity contribution < 1.29 is 9.59 Å². The summed E-state index contributed by atoms with van der Waals surface area (Å²) >= 11 is 1.68. The first-order valence-corrected chi connectivity index (χ1v) is 9.50. The number of carbonyl (C=O) groups is 2. The molecule has 2 aromatic carbocycles. The van der Waals surface area contributed by atoms with Crippen LogP contribution in [-0.2, 0) is 11.2 Å². The molecule has 0 aliphatic carbocycles. The van der Waals surface area contributed by atoms with Crippen molar-refractivity contribution in [3.8, 4) is 0 Å². The fraction of sp³-hybridized carbons (Fsp3) is 0.250. The lowest BCUT2D eigenvalue weighted by atomic mass is 10.1. The number of anilines is 1. The summed E-state index contributed by atoms with van der Waals surface area (Å²) in [4.78, 5) is 28.6. The first-order valence-electron chi connectivity index (χ1n) is 8.68. The Morgan fingerprint density at radius 2 is 1.96 bits per heavy atom. The number of thiazole rings is 1. The second-order valence-corrected chi connectivity index (χ2v) is 7.03. The van der Waals surface area contributed by atoms with Gasteiger partial charge < -0.3 is 10.6 Å². The molecule has 5 nitrogen and oxygen atoms in total. The lowest BCUT2D eigenvalue weighted by Crippen LogP contribution is -2.22. The van der Waals surface area contributed by atoms with Gasteiger partial charge in [-0.25, -0.2) is 4.98 Å². The highest BCUT2D eigenvalue weighted by Gasteiger charge is 2.08. The Labute approximate surface area is 156 Å². The number of benzene rings is 2. The standard InChI is InChI=1S/C20H21N3O2S/c1-2-21-20(25)14-7-5-8-15(13-14)22-18(24)11-6-12-19-23-16-9-3-4-10-17(16)26-19/h3-5,7-10,13H,2,6,11-12H2,1H3,(H,21,25)(H,22,24). The molecule has 134 valence electrons. The first kappa shape index (κ1) is 18.1. The summed E-state index contributed by atoms with van der Waals surface area (Å²) in [6, 6.07) is 15.0. The molecule has 6 heteroatoms. The molecule has 2 N–H and O–H groups in total. The van der Waals surface area contributed by atoms with Crippen LogP contribution in [-0.4, -0.2) is 23.3 Å². The van der Waals surface area contributed by atoms with Gasteiger partial charge in [0, 0.05) is 24.2 Å². The second kappa shape index (κ2) is 8.58. The van der Waals surface area contributed by atoms with Crippen LogP contribution in [0.5, 0.6) is 0 Å². The quantitative estimate of drug-likeness (QED) is 0.663. The summed E-state index contributed by atoms with van der Waals surface area (Å²) in [6.45, 7) is 2.44. The van der Waals surface area contributed by atoms with Gasteiger partial charge in [-0.15, -0.1) is 11.3 Å². The molecule has 3 aromatic rings. The molecule has 0 aliphatic rings. The third-order valence-electron chi connectivity index (χ3n) is 3.88. The second-order valence-electron chi connectivity index (χ2n) is 5.92. The predicted octanol–water partition coefficient (Wildman–Crippen LogP) is 4.01. The van der Waals surface area contributed by atoms with Crippen molar-refractivity contribution in [2.24, 2.45) is 0 Å². The molecular weight excluding hydrogens is 346 g/mol. The maximum Gasteiger partial charge on any atom is 0.251 e. The molecule has 1 heterocycles. The van der Waals surface area contributed by atoms with Crippen LogP contribution in [0.15, 0.2) is 48.5 Å². The molecule has 0 spiro atoms. The number of hydrogen-bond donors (Lipinski definition) is 2. The van der Waals surface area contributed by atoms with E-state index in [1.165, 1.54) is 4.70 Å². The molecule has 2 amide bonds. The van der Waals surface area contributed by atoms with E-state index in [9.17, 15) is 9.59 Å². The zero-order valence-electron chi connectivity index (χ0n) is 14.6. The average molecular weight is 367 g/mol. The summed E-state index contributed by atoms with van der Waals surface area (Å²) in [7, 11) is 0. The Morgan fingerprint density at radius 3 is 2.77 bits per heavy atom. The number of carbonyl (C=O) groups excluding carboxylic acids is 2. The van der Waals surface area contributed by atoms with Crippen molar-refractivity contribution in [1.82, 2.24) is 10.3 Å². The zero-order chi connectivity index (χ0) is 18.4. The van der Waals surface area contributed by atoms with E-state index < -0.39 is 0 Å². The molecule has 0 radical (unpaired) electrons. The van der Waals surface area contributed by atoms with Crippen LogP contribution >= 0.6 is 11.3 Å². The normalized spacial score (nSPS) is 10.7. The van der Waals surface area contributed by atoms with E-state index in [-0.39, 0.29) is 11.8 Å². The number of rotatable bonds is 7. The fourth-order valence-electron chi connectivity index (χ4n) is 2.65. The Morgan fingerprint density at radius 1 is 1.12 bits per heavy atom. The molecule has 26 heavy (non-hydrogen) atoms. The van der Waals surface area contributed by atoms with Crippen LogP contribution in [0, 0.1) is 0 Å². The lowest BCUT2D eigenvalue weighted by molar-refractivity contribution is -0.116. The molecule has 0 saturated heterocycles. The number of amides is 2. The Bertz CT molecular complexity index is 887. The summed E-state index contributed by atoms with van der Waals surface area (Å²) in [5.74, 6) is -0.196. The Kier molecular flexibility index (Phi) is 5.96. The summed E-state index contributed by atoms with van der Waals surface area (Å²) < 4.78 is 1.18. The maximum absolute atomic E-state index is 12.2. The number of fused-ring (bicyclic) bond motifs is 1. The number of para-hydroxylation sites is 1. The molecule has 0 fully saturated rings. The van der Waals surface area contributed by atoms with Gasteiger partial charge in [-0.1, -0.05) is 18.2 Å². The highest BCUT2D eigenvalue weighted by molar-refractivity contribution is 7.18. The van der Waals surface area contributed by atoms with Gasteiger partial charge >= 0.3 is 0 Å². The van der Waals surface area contributed by atoms with Crippen LogP contribution < -0.4 is 10.6 Å². The lowest BCUT2D eigenvalue weighted by Gasteiger charge is -2.07. The number of hydrogen-bond acceptors (Lipinski definition) is 4. The van der Waals surface area contributed by atoms with E-state index in [4.69, 9.17) is 0 Å². The van der Waals surface area contributed by atoms with Crippen LogP contribution in [0.1, 0.15) is 35.1 Å². The Balaban J connectivity index is 1.51. The van der Waals surface area contributed by atoms with Crippen molar-refractivity contribution in [2.75, 3.05) is 11.9 Å². The predicted molar refractivity (Wildman–Crippen MR) is 106 cm³/mol. The van der Waals surface area contributed by atoms with Crippen LogP contribution in [0.25, 0.3) is 10.2 Å². The number of aryl methyl sites for hydroxylation is 1. The van der Waals surface area contributed by atoms with E-state index in [1.807, 2.05) is 25.1 Å². The fourth-order valence-corrected chi connectivity index (χ4v) is 3.66. The first-order chi connectivity index (χ1) is 12.7. The highest BCUT2D eigenvalue weighted by Crippen LogP contribution is 2.22. The largest absolute Gasteiger partial charge is 0.352 e. The van der Waals surface area contributed by atoms with Gasteiger partial charge in [0.05, 0.1) is 15.2 Å².